The van der Waals surface area contributed by atoms with Crippen molar-refractivity contribution < 1.29 is 19.1 Å². The molecule has 0 aromatic heterocycles. The summed E-state index contributed by atoms with van der Waals surface area (Å²) in [5.41, 5.74) is 1.30. The minimum Gasteiger partial charge on any atom is -0.497 e. The Morgan fingerprint density at radius 1 is 1.39 bits per heavy atom. The lowest BCUT2D eigenvalue weighted by Crippen LogP contribution is -2.31. The number of rotatable bonds is 5. The normalized spacial score (nSPS) is 17.3. The van der Waals surface area contributed by atoms with E-state index in [1.807, 2.05) is 12.1 Å². The molecule has 1 heterocycles. The van der Waals surface area contributed by atoms with Crippen LogP contribution in [0.15, 0.2) is 34.9 Å². The number of carbonyl (C=O) groups is 2. The van der Waals surface area contributed by atoms with Gasteiger partial charge in [0.05, 0.1) is 36.6 Å². The number of methoxy groups -OCH3 is 2. The van der Waals surface area contributed by atoms with Gasteiger partial charge in [-0.25, -0.2) is 0 Å². The van der Waals surface area contributed by atoms with Crippen LogP contribution in [0.2, 0.25) is 0 Å². The summed E-state index contributed by atoms with van der Waals surface area (Å²) < 4.78 is 9.70. The van der Waals surface area contributed by atoms with Crippen LogP contribution in [0.4, 0.5) is 0 Å². The summed E-state index contributed by atoms with van der Waals surface area (Å²) in [7, 11) is 2.87. The highest BCUT2D eigenvalue weighted by atomic mass is 32.2. The van der Waals surface area contributed by atoms with Crippen molar-refractivity contribution in [3.63, 3.8) is 0 Å². The number of nitrogens with one attached hydrogen (secondary N) is 1. The van der Waals surface area contributed by atoms with Gasteiger partial charge >= 0.3 is 5.97 Å². The van der Waals surface area contributed by atoms with Crippen molar-refractivity contribution in [2.75, 3.05) is 20.0 Å². The number of carbonyl (C=O) groups excluding carboxylic acids is 2. The predicted octanol–water partition coefficient (Wildman–Crippen LogP) is 1.94. The van der Waals surface area contributed by atoms with E-state index >= 15 is 0 Å². The molecule has 0 unspecified atom stereocenters. The maximum Gasteiger partial charge on any atom is 0.316 e. The van der Waals surface area contributed by atoms with Crippen LogP contribution >= 0.6 is 11.8 Å². The standard InChI is InChI=1S/C16H16N2O4S/c1-21-11-5-3-10(4-6-11)12-7-14(19)18-16(13(12)8-17)23-9-15(20)22-2/h3-6,12H,7,9H2,1-2H3,(H,18,19)/t12-/m0/s1. The number of allylic oxidation sites excluding steroid dienone is 1. The average molecular weight is 332 g/mol. The van der Waals surface area contributed by atoms with Crippen molar-refractivity contribution in [3.8, 4) is 11.8 Å². The first-order valence-electron chi connectivity index (χ1n) is 6.86. The zero-order valence-electron chi connectivity index (χ0n) is 12.8. The molecule has 1 aliphatic rings. The Morgan fingerprint density at radius 3 is 2.65 bits per heavy atom. The summed E-state index contributed by atoms with van der Waals surface area (Å²) in [6, 6.07) is 9.40. The van der Waals surface area contributed by atoms with Crippen molar-refractivity contribution in [1.29, 1.82) is 5.26 Å². The third-order valence-corrected chi connectivity index (χ3v) is 4.43. The fraction of sp³-hybridized carbons (Fsp3) is 0.312. The summed E-state index contributed by atoms with van der Waals surface area (Å²) in [4.78, 5) is 23.2. The first kappa shape index (κ1) is 16.9. The minimum absolute atomic E-state index is 0.0344. The molecule has 6 nitrogen and oxygen atoms in total. The van der Waals surface area contributed by atoms with E-state index in [9.17, 15) is 14.9 Å². The van der Waals surface area contributed by atoms with Gasteiger partial charge in [0.15, 0.2) is 0 Å². The Labute approximate surface area is 138 Å². The fourth-order valence-electron chi connectivity index (χ4n) is 2.24. The van der Waals surface area contributed by atoms with E-state index in [1.165, 1.54) is 7.11 Å². The van der Waals surface area contributed by atoms with Gasteiger partial charge in [-0.1, -0.05) is 23.9 Å². The molecule has 0 saturated carbocycles. The Hall–Kier alpha value is -2.46. The summed E-state index contributed by atoms with van der Waals surface area (Å²) in [6.45, 7) is 0. The Balaban J connectivity index is 2.31. The summed E-state index contributed by atoms with van der Waals surface area (Å²) in [5, 5.41) is 12.6. The van der Waals surface area contributed by atoms with Crippen LogP contribution in [0, 0.1) is 11.3 Å². The molecule has 0 radical (unpaired) electrons. The van der Waals surface area contributed by atoms with Gasteiger partial charge in [-0.3, -0.25) is 9.59 Å². The molecule has 0 spiro atoms. The number of amides is 1. The molecule has 1 atom stereocenters. The molecule has 0 bridgehead atoms. The summed E-state index contributed by atoms with van der Waals surface area (Å²) >= 11 is 1.10. The summed E-state index contributed by atoms with van der Waals surface area (Å²) in [6.07, 6.45) is 0.192. The van der Waals surface area contributed by atoms with Crippen molar-refractivity contribution in [2.45, 2.75) is 12.3 Å². The summed E-state index contributed by atoms with van der Waals surface area (Å²) in [5.74, 6) is -0.193. The van der Waals surface area contributed by atoms with Crippen molar-refractivity contribution in [2.24, 2.45) is 0 Å². The zero-order chi connectivity index (χ0) is 16.8. The van der Waals surface area contributed by atoms with E-state index in [-0.39, 0.29) is 24.0 Å². The molecule has 1 aliphatic heterocycles. The van der Waals surface area contributed by atoms with Gasteiger partial charge in [0, 0.05) is 12.3 Å². The van der Waals surface area contributed by atoms with Crippen LogP contribution in [0.1, 0.15) is 17.9 Å². The quantitative estimate of drug-likeness (QED) is 0.829. The molecule has 2 rings (SSSR count). The molecule has 1 aromatic rings. The van der Waals surface area contributed by atoms with Gasteiger partial charge in [-0.15, -0.1) is 0 Å². The second kappa shape index (κ2) is 7.70. The number of hydrogen-bond donors (Lipinski definition) is 1. The SMILES string of the molecule is COC(=O)CSC1=C(C#N)[C@H](c2ccc(OC)cc2)CC(=O)N1. The molecule has 0 saturated heterocycles. The number of hydrogen-bond acceptors (Lipinski definition) is 6. The highest BCUT2D eigenvalue weighted by Gasteiger charge is 2.29. The van der Waals surface area contributed by atoms with Crippen LogP contribution in [0.3, 0.4) is 0 Å². The average Bonchev–Trinajstić information content (AvgIpc) is 2.59. The molecular weight excluding hydrogens is 316 g/mol. The molecule has 1 aromatic carbocycles. The molecule has 0 fully saturated rings. The van der Waals surface area contributed by atoms with E-state index in [0.717, 1.165) is 17.3 Å². The number of thioether (sulfide) groups is 1. The lowest BCUT2D eigenvalue weighted by atomic mass is 9.87. The maximum absolute atomic E-state index is 11.9. The van der Waals surface area contributed by atoms with Gasteiger partial charge in [0.1, 0.15) is 5.75 Å². The second-order valence-electron chi connectivity index (χ2n) is 4.80. The fourth-order valence-corrected chi connectivity index (χ4v) is 3.15. The second-order valence-corrected chi connectivity index (χ2v) is 5.78. The topological polar surface area (TPSA) is 88.4 Å². The molecular formula is C16H16N2O4S. The van der Waals surface area contributed by atoms with Gasteiger partial charge in [-0.2, -0.15) is 5.26 Å². The molecule has 23 heavy (non-hydrogen) atoms. The number of esters is 1. The number of benzene rings is 1. The largest absolute Gasteiger partial charge is 0.497 e. The molecule has 120 valence electrons. The number of nitrogens with zero attached hydrogens (tertiary/aromatic N) is 1. The predicted molar refractivity (Wildman–Crippen MR) is 85.6 cm³/mol. The van der Waals surface area contributed by atoms with Gasteiger partial charge < -0.3 is 14.8 Å². The molecule has 7 heteroatoms. The van der Waals surface area contributed by atoms with E-state index in [2.05, 4.69) is 16.1 Å². The van der Waals surface area contributed by atoms with E-state index in [0.29, 0.717) is 16.4 Å². The monoisotopic (exact) mass is 332 g/mol. The molecule has 1 N–H and O–H groups in total. The van der Waals surface area contributed by atoms with Crippen molar-refractivity contribution >= 4 is 23.6 Å². The molecule has 1 amide bonds. The van der Waals surface area contributed by atoms with Gasteiger partial charge in [0.25, 0.3) is 0 Å². The number of nitriles is 1. The Morgan fingerprint density at radius 2 is 2.09 bits per heavy atom. The highest BCUT2D eigenvalue weighted by molar-refractivity contribution is 8.03. The van der Waals surface area contributed by atoms with E-state index in [4.69, 9.17) is 4.74 Å². The van der Waals surface area contributed by atoms with Gasteiger partial charge in [-0.05, 0) is 17.7 Å². The van der Waals surface area contributed by atoms with Crippen LogP contribution in [0.25, 0.3) is 0 Å². The van der Waals surface area contributed by atoms with Gasteiger partial charge in [0.2, 0.25) is 5.91 Å². The lowest BCUT2D eigenvalue weighted by Gasteiger charge is -2.25. The van der Waals surface area contributed by atoms with Crippen molar-refractivity contribution in [1.82, 2.24) is 5.32 Å². The lowest BCUT2D eigenvalue weighted by molar-refractivity contribution is -0.137. The minimum atomic E-state index is -0.416. The van der Waals surface area contributed by atoms with E-state index in [1.54, 1.807) is 19.2 Å². The van der Waals surface area contributed by atoms with Crippen LogP contribution < -0.4 is 10.1 Å². The third kappa shape index (κ3) is 4.05. The first-order valence-corrected chi connectivity index (χ1v) is 7.85. The Kier molecular flexibility index (Phi) is 5.66. The Bertz CT molecular complexity index is 676. The highest BCUT2D eigenvalue weighted by Crippen LogP contribution is 2.36. The van der Waals surface area contributed by atoms with Crippen LogP contribution in [-0.4, -0.2) is 31.8 Å². The number of ether oxygens (including phenoxy) is 2. The first-order chi connectivity index (χ1) is 11.1. The smallest absolute Gasteiger partial charge is 0.316 e. The van der Waals surface area contributed by atoms with E-state index < -0.39 is 5.97 Å². The third-order valence-electron chi connectivity index (χ3n) is 3.44. The zero-order valence-corrected chi connectivity index (χ0v) is 13.6. The van der Waals surface area contributed by atoms with Crippen LogP contribution in [0.5, 0.6) is 5.75 Å². The molecule has 0 aliphatic carbocycles. The maximum atomic E-state index is 11.9. The van der Waals surface area contributed by atoms with Crippen molar-refractivity contribution in [3.05, 3.63) is 40.4 Å². The van der Waals surface area contributed by atoms with Crippen LogP contribution in [-0.2, 0) is 14.3 Å².